The molecule has 1 atom stereocenters. The van der Waals surface area contributed by atoms with E-state index in [1.165, 1.54) is 0 Å². The van der Waals surface area contributed by atoms with Crippen LogP contribution in [-0.2, 0) is 18.0 Å². The smallest absolute Gasteiger partial charge is 0.253 e. The van der Waals surface area contributed by atoms with Crippen molar-refractivity contribution >= 4 is 27.6 Å². The second-order valence-electron chi connectivity index (χ2n) is 6.80. The zero-order valence-electron chi connectivity index (χ0n) is 15.9. The van der Waals surface area contributed by atoms with Gasteiger partial charge in [-0.1, -0.05) is 30.3 Å². The van der Waals surface area contributed by atoms with Crippen LogP contribution in [0.5, 0.6) is 0 Å². The van der Waals surface area contributed by atoms with E-state index in [0.717, 1.165) is 39.1 Å². The second kappa shape index (κ2) is 7.13. The number of hydrogen-bond acceptors (Lipinski definition) is 3. The van der Waals surface area contributed by atoms with E-state index in [1.807, 2.05) is 54.6 Å². The fraction of sp³-hybridized carbons (Fsp3) is 0.136. The predicted molar refractivity (Wildman–Crippen MR) is 115 cm³/mol. The van der Waals surface area contributed by atoms with Gasteiger partial charge in [-0.3, -0.25) is 4.79 Å². The molecule has 0 amide bonds. The van der Waals surface area contributed by atoms with Crippen molar-refractivity contribution in [3.05, 3.63) is 76.7 Å². The maximum Gasteiger partial charge on any atom is 0.253 e. The number of benzene rings is 2. The van der Waals surface area contributed by atoms with E-state index < -0.39 is 11.0 Å². The van der Waals surface area contributed by atoms with E-state index in [-0.39, 0.29) is 5.56 Å². The minimum atomic E-state index is -1.20. The van der Waals surface area contributed by atoms with E-state index in [9.17, 15) is 9.00 Å². The molecule has 4 rings (SSSR count). The number of anilines is 1. The molecule has 1 unspecified atom stereocenters. The monoisotopic (exact) mass is 392 g/mol. The molecule has 0 saturated heterocycles. The number of rotatable bonds is 4. The molecule has 5 nitrogen and oxygen atoms in total. The lowest BCUT2D eigenvalue weighted by Gasteiger charge is -2.10. The molecule has 0 aliphatic carbocycles. The van der Waals surface area contributed by atoms with Gasteiger partial charge in [0.25, 0.3) is 5.56 Å². The van der Waals surface area contributed by atoms with Gasteiger partial charge in [-0.05, 0) is 31.2 Å². The fourth-order valence-electron chi connectivity index (χ4n) is 3.36. The standard InChI is InChI=1S/C22H20N2O3S/c1-14-9-17(13-24(2)22(14)25)19-12-18(23-28(3)26)10-16-11-20(27-21(16)19)15-7-5-4-6-8-15/h4-13,23H,1-3H3. The summed E-state index contributed by atoms with van der Waals surface area (Å²) in [5.41, 5.74) is 4.76. The molecule has 4 aromatic rings. The summed E-state index contributed by atoms with van der Waals surface area (Å²) in [7, 11) is 0.531. The highest BCUT2D eigenvalue weighted by molar-refractivity contribution is 7.85. The Bertz CT molecular complexity index is 1230. The molecule has 0 aliphatic rings. The summed E-state index contributed by atoms with van der Waals surface area (Å²) in [6.45, 7) is 1.80. The second-order valence-corrected chi connectivity index (χ2v) is 7.92. The molecule has 28 heavy (non-hydrogen) atoms. The number of aryl methyl sites for hydroxylation is 2. The zero-order chi connectivity index (χ0) is 19.8. The number of furan rings is 1. The first-order chi connectivity index (χ1) is 13.4. The van der Waals surface area contributed by atoms with Crippen LogP contribution >= 0.6 is 0 Å². The van der Waals surface area contributed by atoms with E-state index in [0.29, 0.717) is 5.56 Å². The number of hydrogen-bond donors (Lipinski definition) is 1. The Labute approximate surface area is 165 Å². The van der Waals surface area contributed by atoms with Gasteiger partial charge in [0.2, 0.25) is 0 Å². The Morgan fingerprint density at radius 1 is 1.04 bits per heavy atom. The van der Waals surface area contributed by atoms with Gasteiger partial charge in [0, 0.05) is 52.8 Å². The number of nitrogens with zero attached hydrogens (tertiary/aromatic N) is 1. The van der Waals surface area contributed by atoms with Crippen LogP contribution in [0, 0.1) is 6.92 Å². The molecule has 0 radical (unpaired) electrons. The van der Waals surface area contributed by atoms with Crippen LogP contribution in [0.4, 0.5) is 5.69 Å². The van der Waals surface area contributed by atoms with Crippen LogP contribution in [-0.4, -0.2) is 15.0 Å². The van der Waals surface area contributed by atoms with Gasteiger partial charge >= 0.3 is 0 Å². The van der Waals surface area contributed by atoms with Gasteiger partial charge in [-0.15, -0.1) is 0 Å². The lowest BCUT2D eigenvalue weighted by Crippen LogP contribution is -2.18. The topological polar surface area (TPSA) is 64.2 Å². The third kappa shape index (κ3) is 3.39. The SMILES string of the molecule is Cc1cc(-c2cc(NS(C)=O)cc3cc(-c4ccccc4)oc23)cn(C)c1=O. The van der Waals surface area contributed by atoms with Gasteiger partial charge in [-0.2, -0.15) is 0 Å². The molecule has 2 heterocycles. The lowest BCUT2D eigenvalue weighted by molar-refractivity contribution is 0.632. The fourth-order valence-corrected chi connectivity index (χ4v) is 3.81. The Hall–Kier alpha value is -3.12. The van der Waals surface area contributed by atoms with Crippen molar-refractivity contribution in [2.75, 3.05) is 11.0 Å². The molecule has 0 spiro atoms. The van der Waals surface area contributed by atoms with Crippen LogP contribution in [0.25, 0.3) is 33.4 Å². The molecular weight excluding hydrogens is 372 g/mol. The lowest BCUT2D eigenvalue weighted by atomic mass is 10.0. The Morgan fingerprint density at radius 3 is 2.46 bits per heavy atom. The van der Waals surface area contributed by atoms with Crippen molar-refractivity contribution in [2.24, 2.45) is 7.05 Å². The molecule has 0 fully saturated rings. The third-order valence-corrected chi connectivity index (χ3v) is 5.13. The number of nitrogens with one attached hydrogen (secondary N) is 1. The average molecular weight is 392 g/mol. The van der Waals surface area contributed by atoms with Crippen molar-refractivity contribution in [3.63, 3.8) is 0 Å². The Balaban J connectivity index is 1.98. The molecule has 142 valence electrons. The highest BCUT2D eigenvalue weighted by atomic mass is 32.2. The minimum absolute atomic E-state index is 0.0339. The quantitative estimate of drug-likeness (QED) is 0.557. The normalized spacial score (nSPS) is 12.2. The highest BCUT2D eigenvalue weighted by Gasteiger charge is 2.15. The first-order valence-electron chi connectivity index (χ1n) is 8.83. The molecule has 2 aromatic heterocycles. The van der Waals surface area contributed by atoms with Crippen molar-refractivity contribution in [1.82, 2.24) is 4.57 Å². The predicted octanol–water partition coefficient (Wildman–Crippen LogP) is 4.48. The van der Waals surface area contributed by atoms with Gasteiger partial charge in [0.1, 0.15) is 22.3 Å². The molecule has 0 saturated carbocycles. The van der Waals surface area contributed by atoms with Crippen molar-refractivity contribution in [1.29, 1.82) is 0 Å². The molecule has 1 N–H and O–H groups in total. The summed E-state index contributed by atoms with van der Waals surface area (Å²) < 4.78 is 22.5. The molecule has 0 aliphatic heterocycles. The molecular formula is C22H20N2O3S. The van der Waals surface area contributed by atoms with Crippen LogP contribution in [0.2, 0.25) is 0 Å². The van der Waals surface area contributed by atoms with E-state index in [4.69, 9.17) is 4.42 Å². The maximum absolute atomic E-state index is 12.1. The van der Waals surface area contributed by atoms with E-state index in [2.05, 4.69) is 4.72 Å². The van der Waals surface area contributed by atoms with Gasteiger partial charge in [0.05, 0.1) is 0 Å². The summed E-state index contributed by atoms with van der Waals surface area (Å²) in [5, 5.41) is 0.899. The average Bonchev–Trinajstić information content (AvgIpc) is 3.09. The first kappa shape index (κ1) is 18.3. The van der Waals surface area contributed by atoms with Gasteiger partial charge in [-0.25, -0.2) is 4.21 Å². The number of fused-ring (bicyclic) bond motifs is 1. The molecule has 2 aromatic carbocycles. The highest BCUT2D eigenvalue weighted by Crippen LogP contribution is 2.37. The maximum atomic E-state index is 12.1. The van der Waals surface area contributed by atoms with Crippen molar-refractivity contribution < 1.29 is 8.63 Å². The Kier molecular flexibility index (Phi) is 4.65. The summed E-state index contributed by atoms with van der Waals surface area (Å²) in [4.78, 5) is 12.1. The Morgan fingerprint density at radius 2 is 1.79 bits per heavy atom. The van der Waals surface area contributed by atoms with E-state index in [1.54, 1.807) is 31.0 Å². The molecule has 0 bridgehead atoms. The van der Waals surface area contributed by atoms with Crippen LogP contribution in [0.1, 0.15) is 5.56 Å². The zero-order valence-corrected chi connectivity index (χ0v) is 16.7. The molecule has 6 heteroatoms. The third-order valence-electron chi connectivity index (χ3n) is 4.61. The number of pyridine rings is 1. The number of aromatic nitrogens is 1. The van der Waals surface area contributed by atoms with Crippen LogP contribution in [0.15, 0.2) is 70.0 Å². The van der Waals surface area contributed by atoms with Crippen LogP contribution < -0.4 is 10.3 Å². The van der Waals surface area contributed by atoms with Crippen molar-refractivity contribution in [2.45, 2.75) is 6.92 Å². The summed E-state index contributed by atoms with van der Waals surface area (Å²) >= 11 is 0. The largest absolute Gasteiger partial charge is 0.455 e. The van der Waals surface area contributed by atoms with Crippen molar-refractivity contribution in [3.8, 4) is 22.5 Å². The first-order valence-corrected chi connectivity index (χ1v) is 10.4. The van der Waals surface area contributed by atoms with Gasteiger partial charge < -0.3 is 13.7 Å². The van der Waals surface area contributed by atoms with Crippen LogP contribution in [0.3, 0.4) is 0 Å². The minimum Gasteiger partial charge on any atom is -0.455 e. The van der Waals surface area contributed by atoms with E-state index >= 15 is 0 Å². The van der Waals surface area contributed by atoms with Gasteiger partial charge in [0.15, 0.2) is 0 Å². The summed E-state index contributed by atoms with van der Waals surface area (Å²) in [6.07, 6.45) is 3.38. The summed E-state index contributed by atoms with van der Waals surface area (Å²) in [5.74, 6) is 0.758. The summed E-state index contributed by atoms with van der Waals surface area (Å²) in [6, 6.07) is 17.5.